The first-order chi connectivity index (χ1) is 9.29. The van der Waals surface area contributed by atoms with E-state index < -0.39 is 0 Å². The smallest absolute Gasteiger partial charge is 0.0471 e. The number of nitrogens with zero attached hydrogens (tertiary/aromatic N) is 1. The van der Waals surface area contributed by atoms with Crippen LogP contribution in [0.1, 0.15) is 31.7 Å². The number of nitrogens with one attached hydrogen (secondary N) is 1. The molecule has 2 aliphatic rings. The summed E-state index contributed by atoms with van der Waals surface area (Å²) in [5, 5.41) is 4.31. The molecular weight excluding hydrogens is 256 g/mol. The molecule has 1 aromatic rings. The first-order valence-electron chi connectivity index (χ1n) is 7.52. The van der Waals surface area contributed by atoms with Crippen LogP contribution in [0.2, 0.25) is 5.02 Å². The van der Waals surface area contributed by atoms with Crippen LogP contribution < -0.4 is 10.2 Å². The van der Waals surface area contributed by atoms with E-state index in [0.29, 0.717) is 0 Å². The lowest BCUT2D eigenvalue weighted by molar-refractivity contribution is 0.494. The highest BCUT2D eigenvalue weighted by atomic mass is 35.5. The predicted molar refractivity (Wildman–Crippen MR) is 81.9 cm³/mol. The van der Waals surface area contributed by atoms with Crippen LogP contribution in [0.5, 0.6) is 0 Å². The van der Waals surface area contributed by atoms with Crippen molar-refractivity contribution in [3.63, 3.8) is 0 Å². The first-order valence-corrected chi connectivity index (χ1v) is 7.90. The predicted octanol–water partition coefficient (Wildman–Crippen LogP) is 3.69. The Kier molecular flexibility index (Phi) is 3.99. The van der Waals surface area contributed by atoms with E-state index in [0.717, 1.165) is 29.9 Å². The third-order valence-electron chi connectivity index (χ3n) is 4.71. The highest BCUT2D eigenvalue weighted by molar-refractivity contribution is 6.31. The average Bonchev–Trinajstić information content (AvgIpc) is 2.97. The van der Waals surface area contributed by atoms with Crippen molar-refractivity contribution in [1.82, 2.24) is 5.32 Å². The highest BCUT2D eigenvalue weighted by Gasteiger charge is 2.36. The minimum absolute atomic E-state index is 0.872. The van der Waals surface area contributed by atoms with E-state index in [-0.39, 0.29) is 0 Å². The maximum absolute atomic E-state index is 6.40. The molecular formula is C16H23ClN2. The molecule has 1 N–H and O–H groups in total. The quantitative estimate of drug-likeness (QED) is 0.904. The minimum atomic E-state index is 0.872. The fourth-order valence-corrected chi connectivity index (χ4v) is 3.94. The van der Waals surface area contributed by atoms with Crippen LogP contribution in [0.15, 0.2) is 18.2 Å². The van der Waals surface area contributed by atoms with Crippen molar-refractivity contribution in [3.05, 3.63) is 28.8 Å². The molecule has 2 unspecified atom stereocenters. The van der Waals surface area contributed by atoms with Crippen LogP contribution in [0, 0.1) is 11.8 Å². The largest absolute Gasteiger partial charge is 0.371 e. The molecule has 2 atom stereocenters. The number of hydrogen-bond acceptors (Lipinski definition) is 2. The third kappa shape index (κ3) is 2.61. The maximum atomic E-state index is 6.40. The van der Waals surface area contributed by atoms with Crippen molar-refractivity contribution in [2.24, 2.45) is 11.8 Å². The Labute approximate surface area is 121 Å². The van der Waals surface area contributed by atoms with Crippen LogP contribution in [0.25, 0.3) is 0 Å². The number of rotatable bonds is 4. The molecule has 0 bridgehead atoms. The van der Waals surface area contributed by atoms with Crippen molar-refractivity contribution in [3.8, 4) is 0 Å². The second kappa shape index (κ2) is 5.72. The van der Waals surface area contributed by atoms with Crippen molar-refractivity contribution < 1.29 is 0 Å². The van der Waals surface area contributed by atoms with E-state index in [9.17, 15) is 0 Å². The van der Waals surface area contributed by atoms with Crippen molar-refractivity contribution in [1.29, 1.82) is 0 Å². The van der Waals surface area contributed by atoms with Crippen molar-refractivity contribution in [2.45, 2.75) is 32.7 Å². The molecule has 2 fully saturated rings. The lowest BCUT2D eigenvalue weighted by atomic mass is 10.0. The molecule has 0 aromatic heterocycles. The highest BCUT2D eigenvalue weighted by Crippen LogP contribution is 2.41. The number of halogens is 1. The standard InChI is InChI=1S/C16H23ClN2/c1-2-18-9-14-15(17)7-4-8-16(14)19-10-12-5-3-6-13(12)11-19/h4,7-8,12-13,18H,2-3,5-6,9-11H2,1H3. The molecule has 19 heavy (non-hydrogen) atoms. The van der Waals surface area contributed by atoms with E-state index in [2.05, 4.69) is 29.3 Å². The van der Waals surface area contributed by atoms with E-state index in [1.807, 2.05) is 6.07 Å². The Morgan fingerprint density at radius 2 is 2.00 bits per heavy atom. The molecule has 1 aliphatic carbocycles. The fourth-order valence-electron chi connectivity index (χ4n) is 3.70. The molecule has 1 saturated heterocycles. The van der Waals surface area contributed by atoms with Gasteiger partial charge in [-0.05, 0) is 43.4 Å². The minimum Gasteiger partial charge on any atom is -0.371 e. The molecule has 2 nitrogen and oxygen atoms in total. The average molecular weight is 279 g/mol. The summed E-state index contributed by atoms with van der Waals surface area (Å²) in [5.41, 5.74) is 2.62. The number of fused-ring (bicyclic) bond motifs is 1. The Bertz CT molecular complexity index is 434. The van der Waals surface area contributed by atoms with Crippen LogP contribution in [0.4, 0.5) is 5.69 Å². The second-order valence-corrected chi connectivity index (χ2v) is 6.28. The SMILES string of the molecule is CCNCc1c(Cl)cccc1N1CC2CCCC2C1. The van der Waals surface area contributed by atoms with Gasteiger partial charge in [-0.2, -0.15) is 0 Å². The first kappa shape index (κ1) is 13.3. The Morgan fingerprint density at radius 3 is 2.68 bits per heavy atom. The number of benzene rings is 1. The summed E-state index contributed by atoms with van der Waals surface area (Å²) in [6.45, 7) is 6.44. The van der Waals surface area contributed by atoms with E-state index in [1.54, 1.807) is 0 Å². The molecule has 1 heterocycles. The van der Waals surface area contributed by atoms with Crippen LogP contribution in [-0.2, 0) is 6.54 Å². The molecule has 0 radical (unpaired) electrons. The molecule has 0 spiro atoms. The monoisotopic (exact) mass is 278 g/mol. The zero-order valence-corrected chi connectivity index (χ0v) is 12.4. The molecule has 104 valence electrons. The zero-order valence-electron chi connectivity index (χ0n) is 11.7. The van der Waals surface area contributed by atoms with Gasteiger partial charge in [0.05, 0.1) is 0 Å². The molecule has 1 saturated carbocycles. The second-order valence-electron chi connectivity index (χ2n) is 5.87. The van der Waals surface area contributed by atoms with E-state index in [1.165, 1.54) is 43.6 Å². The zero-order chi connectivity index (χ0) is 13.2. The summed E-state index contributed by atoms with van der Waals surface area (Å²) >= 11 is 6.40. The fraction of sp³-hybridized carbons (Fsp3) is 0.625. The van der Waals surface area contributed by atoms with Gasteiger partial charge in [-0.1, -0.05) is 31.0 Å². The van der Waals surface area contributed by atoms with Gasteiger partial charge in [0.1, 0.15) is 0 Å². The van der Waals surface area contributed by atoms with Crippen LogP contribution in [-0.4, -0.2) is 19.6 Å². The van der Waals surface area contributed by atoms with Crippen LogP contribution in [0.3, 0.4) is 0 Å². The van der Waals surface area contributed by atoms with Crippen LogP contribution >= 0.6 is 11.6 Å². The van der Waals surface area contributed by atoms with E-state index >= 15 is 0 Å². The maximum Gasteiger partial charge on any atom is 0.0471 e. The Hall–Kier alpha value is -0.730. The third-order valence-corrected chi connectivity index (χ3v) is 5.07. The number of anilines is 1. The topological polar surface area (TPSA) is 15.3 Å². The lowest BCUT2D eigenvalue weighted by Crippen LogP contribution is -2.24. The van der Waals surface area contributed by atoms with Gasteiger partial charge >= 0.3 is 0 Å². The Balaban J connectivity index is 1.82. The molecule has 1 aromatic carbocycles. The van der Waals surface area contributed by atoms with Gasteiger partial charge in [-0.3, -0.25) is 0 Å². The summed E-state index contributed by atoms with van der Waals surface area (Å²) in [6.07, 6.45) is 4.28. The van der Waals surface area contributed by atoms with Gasteiger partial charge in [-0.25, -0.2) is 0 Å². The molecule has 1 aliphatic heterocycles. The summed E-state index contributed by atoms with van der Waals surface area (Å²) < 4.78 is 0. The van der Waals surface area contributed by atoms with Gasteiger partial charge in [-0.15, -0.1) is 0 Å². The van der Waals surface area contributed by atoms with Gasteiger partial charge in [0.25, 0.3) is 0 Å². The van der Waals surface area contributed by atoms with Gasteiger partial charge in [0.15, 0.2) is 0 Å². The number of hydrogen-bond donors (Lipinski definition) is 1. The summed E-state index contributed by atoms with van der Waals surface area (Å²) in [7, 11) is 0. The summed E-state index contributed by atoms with van der Waals surface area (Å²) in [4.78, 5) is 2.56. The van der Waals surface area contributed by atoms with Gasteiger partial charge in [0.2, 0.25) is 0 Å². The molecule has 0 amide bonds. The van der Waals surface area contributed by atoms with Crippen molar-refractivity contribution in [2.75, 3.05) is 24.5 Å². The lowest BCUT2D eigenvalue weighted by Gasteiger charge is -2.24. The molecule has 3 heteroatoms. The van der Waals surface area contributed by atoms with Gasteiger partial charge in [0, 0.05) is 35.9 Å². The Morgan fingerprint density at radius 1 is 1.26 bits per heavy atom. The van der Waals surface area contributed by atoms with E-state index in [4.69, 9.17) is 11.6 Å². The van der Waals surface area contributed by atoms with Gasteiger partial charge < -0.3 is 10.2 Å². The summed E-state index contributed by atoms with van der Waals surface area (Å²) in [6, 6.07) is 6.33. The molecule has 3 rings (SSSR count). The normalized spacial score (nSPS) is 25.9. The summed E-state index contributed by atoms with van der Waals surface area (Å²) in [5.74, 6) is 1.84. The van der Waals surface area contributed by atoms with Crippen molar-refractivity contribution >= 4 is 17.3 Å².